The number of nitrogens with zero attached hydrogens (tertiary/aromatic N) is 3. The molecule has 6 nitrogen and oxygen atoms in total. The van der Waals surface area contributed by atoms with Gasteiger partial charge in [-0.25, -0.2) is 0 Å². The molecule has 154 valence electrons. The Morgan fingerprint density at radius 1 is 1.21 bits per heavy atom. The number of aromatic amines is 1. The second-order valence-corrected chi connectivity index (χ2v) is 7.61. The average Bonchev–Trinajstić information content (AvgIpc) is 3.10. The lowest BCUT2D eigenvalue weighted by Gasteiger charge is -2.33. The maximum absolute atomic E-state index is 13.3. The number of carbonyl (C=O) groups excluding carboxylic acids is 2. The molecule has 0 bridgehead atoms. The molecule has 0 aliphatic carbocycles. The molecule has 1 N–H and O–H groups in total. The lowest BCUT2D eigenvalue weighted by atomic mass is 9.86. The topological polar surface area (TPSA) is 69.3 Å². The summed E-state index contributed by atoms with van der Waals surface area (Å²) in [6, 6.07) is 5.64. The van der Waals surface area contributed by atoms with Crippen molar-refractivity contribution in [3.8, 4) is 0 Å². The molecule has 0 unspecified atom stereocenters. The van der Waals surface area contributed by atoms with Gasteiger partial charge in [-0.2, -0.15) is 18.3 Å². The molecule has 0 radical (unpaired) electrons. The van der Waals surface area contributed by atoms with Gasteiger partial charge in [0.05, 0.1) is 24.2 Å². The van der Waals surface area contributed by atoms with E-state index in [9.17, 15) is 22.8 Å². The average molecular weight is 406 g/mol. The molecule has 29 heavy (non-hydrogen) atoms. The number of halogens is 3. The summed E-state index contributed by atoms with van der Waals surface area (Å²) >= 11 is 0. The van der Waals surface area contributed by atoms with Crippen LogP contribution in [0.25, 0.3) is 0 Å². The van der Waals surface area contributed by atoms with Gasteiger partial charge in [0.25, 0.3) is 5.91 Å². The van der Waals surface area contributed by atoms with E-state index >= 15 is 0 Å². The molecule has 1 aromatic heterocycles. The fourth-order valence-electron chi connectivity index (χ4n) is 4.17. The van der Waals surface area contributed by atoms with E-state index in [1.54, 1.807) is 22.9 Å². The number of carbonyl (C=O) groups is 2. The predicted molar refractivity (Wildman–Crippen MR) is 98.1 cm³/mol. The number of rotatable bonds is 2. The highest BCUT2D eigenvalue weighted by Gasteiger charge is 2.37. The number of H-pyrrole nitrogens is 1. The van der Waals surface area contributed by atoms with Gasteiger partial charge in [0.15, 0.2) is 5.69 Å². The van der Waals surface area contributed by atoms with Crippen molar-refractivity contribution in [2.75, 3.05) is 20.1 Å². The van der Waals surface area contributed by atoms with Crippen LogP contribution in [-0.2, 0) is 23.9 Å². The smallest absolute Gasteiger partial charge is 0.340 e. The molecule has 0 atom stereocenters. The SMILES string of the molecule is CN1Cc2[nH]nc(C(=O)N3CCC(c4ccccc4C(F)(F)F)CC3)c2CC1=O. The number of piperidine rings is 1. The number of alkyl halides is 3. The molecule has 2 amide bonds. The van der Waals surface area contributed by atoms with Gasteiger partial charge in [0, 0.05) is 25.7 Å². The zero-order valence-corrected chi connectivity index (χ0v) is 15.9. The highest BCUT2D eigenvalue weighted by Crippen LogP contribution is 2.38. The Bertz CT molecular complexity index is 945. The van der Waals surface area contributed by atoms with Crippen LogP contribution in [0.3, 0.4) is 0 Å². The molecule has 9 heteroatoms. The molecular weight excluding hydrogens is 385 g/mol. The van der Waals surface area contributed by atoms with Gasteiger partial charge in [-0.05, 0) is 30.4 Å². The molecular formula is C20H21F3N4O2. The number of benzene rings is 1. The standard InChI is InChI=1S/C20H21F3N4O2/c1-26-11-16-14(10-17(26)28)18(25-24-16)19(29)27-8-6-12(7-9-27)13-4-2-3-5-15(13)20(21,22)23/h2-5,12H,6-11H2,1H3,(H,24,25). The summed E-state index contributed by atoms with van der Waals surface area (Å²) < 4.78 is 39.9. The zero-order valence-electron chi connectivity index (χ0n) is 15.9. The van der Waals surface area contributed by atoms with Crippen LogP contribution in [0.1, 0.15) is 51.6 Å². The molecule has 2 aliphatic rings. The second-order valence-electron chi connectivity index (χ2n) is 7.61. The third-order valence-corrected chi connectivity index (χ3v) is 5.79. The molecule has 0 saturated carbocycles. The third-order valence-electron chi connectivity index (χ3n) is 5.79. The number of likely N-dealkylation sites (N-methyl/N-ethyl adjacent to an activating group) is 1. The number of amides is 2. The van der Waals surface area contributed by atoms with Crippen molar-refractivity contribution in [1.82, 2.24) is 20.0 Å². The summed E-state index contributed by atoms with van der Waals surface area (Å²) in [5.41, 5.74) is 1.31. The quantitative estimate of drug-likeness (QED) is 0.834. The van der Waals surface area contributed by atoms with Gasteiger partial charge in [-0.3, -0.25) is 14.7 Å². The third kappa shape index (κ3) is 3.61. The Morgan fingerprint density at radius 2 is 1.90 bits per heavy atom. The van der Waals surface area contributed by atoms with E-state index in [1.165, 1.54) is 12.1 Å². The van der Waals surface area contributed by atoms with Crippen LogP contribution in [0.15, 0.2) is 24.3 Å². The summed E-state index contributed by atoms with van der Waals surface area (Å²) in [6.45, 7) is 1.08. The maximum Gasteiger partial charge on any atom is 0.416 e. The first-order valence-electron chi connectivity index (χ1n) is 9.51. The molecule has 1 saturated heterocycles. The molecule has 0 spiro atoms. The summed E-state index contributed by atoms with van der Waals surface area (Å²) in [6.07, 6.45) is -3.36. The largest absolute Gasteiger partial charge is 0.416 e. The van der Waals surface area contributed by atoms with Gasteiger partial charge in [0.1, 0.15) is 0 Å². The Kier molecular flexibility index (Phi) is 4.84. The summed E-state index contributed by atoms with van der Waals surface area (Å²) in [5.74, 6) is -0.599. The van der Waals surface area contributed by atoms with Crippen LogP contribution in [0, 0.1) is 0 Å². The summed E-state index contributed by atoms with van der Waals surface area (Å²) in [7, 11) is 1.69. The number of fused-ring (bicyclic) bond motifs is 1. The minimum absolute atomic E-state index is 0.0737. The van der Waals surface area contributed by atoms with Crippen LogP contribution in [0.2, 0.25) is 0 Å². The molecule has 2 aromatic rings. The Morgan fingerprint density at radius 3 is 2.59 bits per heavy atom. The van der Waals surface area contributed by atoms with Crippen molar-refractivity contribution in [1.29, 1.82) is 0 Å². The van der Waals surface area contributed by atoms with E-state index in [-0.39, 0.29) is 35.4 Å². The van der Waals surface area contributed by atoms with Crippen molar-refractivity contribution in [3.05, 3.63) is 52.3 Å². The van der Waals surface area contributed by atoms with Crippen molar-refractivity contribution in [2.45, 2.75) is 37.9 Å². The van der Waals surface area contributed by atoms with Crippen LogP contribution in [0.4, 0.5) is 13.2 Å². The first-order chi connectivity index (χ1) is 13.8. The van der Waals surface area contributed by atoms with E-state index in [0.29, 0.717) is 38.0 Å². The lowest BCUT2D eigenvalue weighted by Crippen LogP contribution is -2.39. The molecule has 1 fully saturated rings. The van der Waals surface area contributed by atoms with E-state index in [1.807, 2.05) is 0 Å². The number of nitrogens with one attached hydrogen (secondary N) is 1. The lowest BCUT2D eigenvalue weighted by molar-refractivity contribution is -0.138. The normalized spacial score (nSPS) is 18.1. The number of hydrogen-bond acceptors (Lipinski definition) is 3. The van der Waals surface area contributed by atoms with Gasteiger partial charge in [-0.1, -0.05) is 18.2 Å². The van der Waals surface area contributed by atoms with Crippen LogP contribution >= 0.6 is 0 Å². The van der Waals surface area contributed by atoms with Gasteiger partial charge in [-0.15, -0.1) is 0 Å². The van der Waals surface area contributed by atoms with E-state index < -0.39 is 11.7 Å². The van der Waals surface area contributed by atoms with Gasteiger partial charge < -0.3 is 9.80 Å². The number of hydrogen-bond donors (Lipinski definition) is 1. The Hall–Kier alpha value is -2.84. The van der Waals surface area contributed by atoms with Crippen molar-refractivity contribution in [2.24, 2.45) is 0 Å². The monoisotopic (exact) mass is 406 g/mol. The van der Waals surface area contributed by atoms with Crippen molar-refractivity contribution in [3.63, 3.8) is 0 Å². The fraction of sp³-hybridized carbons (Fsp3) is 0.450. The number of likely N-dealkylation sites (tertiary alicyclic amines) is 1. The molecule has 2 aliphatic heterocycles. The minimum Gasteiger partial charge on any atom is -0.340 e. The fourth-order valence-corrected chi connectivity index (χ4v) is 4.17. The van der Waals surface area contributed by atoms with Crippen LogP contribution in [-0.4, -0.2) is 51.9 Å². The highest BCUT2D eigenvalue weighted by molar-refractivity contribution is 5.96. The highest BCUT2D eigenvalue weighted by atomic mass is 19.4. The van der Waals surface area contributed by atoms with E-state index in [4.69, 9.17) is 0 Å². The van der Waals surface area contributed by atoms with Gasteiger partial charge in [0.2, 0.25) is 5.91 Å². The zero-order chi connectivity index (χ0) is 20.8. The Labute approximate surface area is 165 Å². The summed E-state index contributed by atoms with van der Waals surface area (Å²) in [5, 5.41) is 6.96. The first kappa shape index (κ1) is 19.5. The molecule has 4 rings (SSSR count). The van der Waals surface area contributed by atoms with Gasteiger partial charge >= 0.3 is 6.18 Å². The van der Waals surface area contributed by atoms with Crippen molar-refractivity contribution >= 4 is 11.8 Å². The van der Waals surface area contributed by atoms with Crippen molar-refractivity contribution < 1.29 is 22.8 Å². The minimum atomic E-state index is -4.39. The maximum atomic E-state index is 13.3. The van der Waals surface area contributed by atoms with E-state index in [0.717, 1.165) is 11.8 Å². The van der Waals surface area contributed by atoms with E-state index in [2.05, 4.69) is 10.2 Å². The number of aromatic nitrogens is 2. The van der Waals surface area contributed by atoms with Crippen LogP contribution < -0.4 is 0 Å². The molecule has 3 heterocycles. The second kappa shape index (κ2) is 7.20. The predicted octanol–water partition coefficient (Wildman–Crippen LogP) is 2.96. The Balaban J connectivity index is 1.48. The summed E-state index contributed by atoms with van der Waals surface area (Å²) in [4.78, 5) is 28.1. The first-order valence-corrected chi connectivity index (χ1v) is 9.51. The molecule has 1 aromatic carbocycles. The van der Waals surface area contributed by atoms with Crippen LogP contribution in [0.5, 0.6) is 0 Å².